The number of nitrogens with zero attached hydrogens (tertiary/aromatic N) is 1. The number of hydrogen-bond donors (Lipinski definition) is 1. The van der Waals surface area contributed by atoms with Gasteiger partial charge in [0.1, 0.15) is 0 Å². The maximum absolute atomic E-state index is 5.53. The van der Waals surface area contributed by atoms with Gasteiger partial charge in [-0.25, -0.2) is 0 Å². The van der Waals surface area contributed by atoms with E-state index in [1.54, 1.807) is 0 Å². The Morgan fingerprint density at radius 3 is 2.42 bits per heavy atom. The second-order valence-corrected chi connectivity index (χ2v) is 4.57. The fourth-order valence-electron chi connectivity index (χ4n) is 1.76. The first kappa shape index (κ1) is 10.0. The van der Waals surface area contributed by atoms with Crippen molar-refractivity contribution in [2.75, 3.05) is 26.2 Å². The van der Waals surface area contributed by atoms with Crippen molar-refractivity contribution in [1.29, 1.82) is 0 Å². The minimum Gasteiger partial charge on any atom is -0.329 e. The Labute approximate surface area is 76.1 Å². The molecule has 0 saturated heterocycles. The largest absolute Gasteiger partial charge is 0.329 e. The lowest BCUT2D eigenvalue weighted by Gasteiger charge is -2.19. The zero-order chi connectivity index (χ0) is 9.19. The molecule has 72 valence electrons. The SMILES string of the molecule is CCN(CCN)CC1CC1(C)C. The van der Waals surface area contributed by atoms with E-state index in [1.807, 2.05) is 0 Å². The van der Waals surface area contributed by atoms with Gasteiger partial charge in [-0.2, -0.15) is 0 Å². The molecule has 1 aliphatic rings. The van der Waals surface area contributed by atoms with Crippen LogP contribution in [0.1, 0.15) is 27.2 Å². The van der Waals surface area contributed by atoms with Crippen molar-refractivity contribution < 1.29 is 0 Å². The first-order chi connectivity index (χ1) is 5.60. The molecule has 2 nitrogen and oxygen atoms in total. The molecule has 12 heavy (non-hydrogen) atoms. The molecule has 0 aliphatic heterocycles. The maximum Gasteiger partial charge on any atom is 0.0105 e. The van der Waals surface area contributed by atoms with Gasteiger partial charge in [-0.15, -0.1) is 0 Å². The lowest BCUT2D eigenvalue weighted by molar-refractivity contribution is 0.270. The molecule has 0 heterocycles. The fraction of sp³-hybridized carbons (Fsp3) is 1.00. The number of nitrogens with two attached hydrogens (primary N) is 1. The van der Waals surface area contributed by atoms with Crippen LogP contribution < -0.4 is 5.73 Å². The van der Waals surface area contributed by atoms with Crippen LogP contribution in [0, 0.1) is 11.3 Å². The van der Waals surface area contributed by atoms with Crippen LogP contribution in [-0.4, -0.2) is 31.1 Å². The van der Waals surface area contributed by atoms with Crippen LogP contribution in [0.25, 0.3) is 0 Å². The number of rotatable bonds is 5. The summed E-state index contributed by atoms with van der Waals surface area (Å²) in [5.41, 5.74) is 6.14. The van der Waals surface area contributed by atoms with Gasteiger partial charge in [0.25, 0.3) is 0 Å². The maximum atomic E-state index is 5.53. The molecule has 0 amide bonds. The van der Waals surface area contributed by atoms with Crippen molar-refractivity contribution in [3.8, 4) is 0 Å². The van der Waals surface area contributed by atoms with Gasteiger partial charge < -0.3 is 10.6 Å². The van der Waals surface area contributed by atoms with Crippen LogP contribution in [-0.2, 0) is 0 Å². The van der Waals surface area contributed by atoms with E-state index in [1.165, 1.54) is 13.0 Å². The molecule has 0 aromatic carbocycles. The Morgan fingerprint density at radius 1 is 1.50 bits per heavy atom. The van der Waals surface area contributed by atoms with Crippen LogP contribution in [0.3, 0.4) is 0 Å². The molecule has 0 aromatic heterocycles. The highest BCUT2D eigenvalue weighted by molar-refractivity contribution is 4.96. The van der Waals surface area contributed by atoms with Gasteiger partial charge in [0.05, 0.1) is 0 Å². The third-order valence-corrected chi connectivity index (χ3v) is 3.09. The molecule has 2 N–H and O–H groups in total. The molecule has 1 rings (SSSR count). The van der Waals surface area contributed by atoms with Crippen molar-refractivity contribution in [1.82, 2.24) is 4.90 Å². The Hall–Kier alpha value is -0.0800. The van der Waals surface area contributed by atoms with Crippen LogP contribution in [0.2, 0.25) is 0 Å². The second kappa shape index (κ2) is 3.75. The number of likely N-dealkylation sites (N-methyl/N-ethyl adjacent to an activating group) is 1. The van der Waals surface area contributed by atoms with E-state index in [9.17, 15) is 0 Å². The van der Waals surface area contributed by atoms with Gasteiger partial charge in [-0.05, 0) is 24.3 Å². The third-order valence-electron chi connectivity index (χ3n) is 3.09. The summed E-state index contributed by atoms with van der Waals surface area (Å²) in [5.74, 6) is 0.920. The van der Waals surface area contributed by atoms with Crippen LogP contribution in [0.15, 0.2) is 0 Å². The average Bonchev–Trinajstić information content (AvgIpc) is 2.58. The first-order valence-corrected chi connectivity index (χ1v) is 5.02. The zero-order valence-corrected chi connectivity index (χ0v) is 8.64. The minimum absolute atomic E-state index is 0.613. The summed E-state index contributed by atoms with van der Waals surface area (Å²) in [6.45, 7) is 11.2. The molecule has 1 atom stereocenters. The highest BCUT2D eigenvalue weighted by atomic mass is 15.1. The van der Waals surface area contributed by atoms with E-state index in [4.69, 9.17) is 5.73 Å². The topological polar surface area (TPSA) is 29.3 Å². The molecule has 2 heteroatoms. The van der Waals surface area contributed by atoms with Crippen molar-refractivity contribution >= 4 is 0 Å². The normalized spacial score (nSPS) is 26.2. The van der Waals surface area contributed by atoms with Gasteiger partial charge in [-0.3, -0.25) is 0 Å². The Morgan fingerprint density at radius 2 is 2.08 bits per heavy atom. The lowest BCUT2D eigenvalue weighted by atomic mass is 10.1. The fourth-order valence-corrected chi connectivity index (χ4v) is 1.76. The molecular weight excluding hydrogens is 148 g/mol. The van der Waals surface area contributed by atoms with Crippen molar-refractivity contribution in [3.63, 3.8) is 0 Å². The van der Waals surface area contributed by atoms with E-state index in [0.29, 0.717) is 5.41 Å². The van der Waals surface area contributed by atoms with Gasteiger partial charge in [0, 0.05) is 19.6 Å². The third kappa shape index (κ3) is 2.46. The van der Waals surface area contributed by atoms with Gasteiger partial charge in [0.15, 0.2) is 0 Å². The summed E-state index contributed by atoms with van der Waals surface area (Å²) in [6.07, 6.45) is 1.40. The molecular formula is C10H22N2. The van der Waals surface area contributed by atoms with Gasteiger partial charge in [0.2, 0.25) is 0 Å². The number of hydrogen-bond acceptors (Lipinski definition) is 2. The minimum atomic E-state index is 0.613. The van der Waals surface area contributed by atoms with Gasteiger partial charge >= 0.3 is 0 Å². The van der Waals surface area contributed by atoms with E-state index in [2.05, 4.69) is 25.7 Å². The van der Waals surface area contributed by atoms with E-state index < -0.39 is 0 Å². The Bertz CT molecular complexity index is 143. The molecule has 1 unspecified atom stereocenters. The molecule has 0 bridgehead atoms. The molecule has 0 radical (unpaired) electrons. The van der Waals surface area contributed by atoms with Crippen LogP contribution >= 0.6 is 0 Å². The average molecular weight is 170 g/mol. The van der Waals surface area contributed by atoms with Crippen molar-refractivity contribution in [2.45, 2.75) is 27.2 Å². The Balaban J connectivity index is 2.20. The monoisotopic (exact) mass is 170 g/mol. The summed E-state index contributed by atoms with van der Waals surface area (Å²) in [7, 11) is 0. The lowest BCUT2D eigenvalue weighted by Crippen LogP contribution is -2.31. The molecule has 1 saturated carbocycles. The molecule has 1 aliphatic carbocycles. The zero-order valence-electron chi connectivity index (χ0n) is 8.64. The van der Waals surface area contributed by atoms with E-state index in [-0.39, 0.29) is 0 Å². The predicted molar refractivity (Wildman–Crippen MR) is 53.1 cm³/mol. The highest BCUT2D eigenvalue weighted by Crippen LogP contribution is 2.51. The molecule has 0 spiro atoms. The predicted octanol–water partition coefficient (Wildman–Crippen LogP) is 1.31. The second-order valence-electron chi connectivity index (χ2n) is 4.57. The standard InChI is InChI=1S/C10H22N2/c1-4-12(6-5-11)8-9-7-10(9,2)3/h9H,4-8,11H2,1-3H3. The van der Waals surface area contributed by atoms with E-state index in [0.717, 1.165) is 25.6 Å². The highest BCUT2D eigenvalue weighted by Gasteiger charge is 2.45. The van der Waals surface area contributed by atoms with Gasteiger partial charge in [-0.1, -0.05) is 20.8 Å². The summed E-state index contributed by atoms with van der Waals surface area (Å²) < 4.78 is 0. The molecule has 0 aromatic rings. The Kier molecular flexibility index (Phi) is 3.13. The molecule has 1 fully saturated rings. The quantitative estimate of drug-likeness (QED) is 0.674. The van der Waals surface area contributed by atoms with Crippen LogP contribution in [0.5, 0.6) is 0 Å². The summed E-state index contributed by atoms with van der Waals surface area (Å²) in [5, 5.41) is 0. The first-order valence-electron chi connectivity index (χ1n) is 5.02. The summed E-state index contributed by atoms with van der Waals surface area (Å²) in [6, 6.07) is 0. The van der Waals surface area contributed by atoms with Crippen molar-refractivity contribution in [2.24, 2.45) is 17.1 Å². The van der Waals surface area contributed by atoms with E-state index >= 15 is 0 Å². The van der Waals surface area contributed by atoms with Crippen LogP contribution in [0.4, 0.5) is 0 Å². The smallest absolute Gasteiger partial charge is 0.0105 e. The van der Waals surface area contributed by atoms with Crippen molar-refractivity contribution in [3.05, 3.63) is 0 Å². The summed E-state index contributed by atoms with van der Waals surface area (Å²) in [4.78, 5) is 2.46. The summed E-state index contributed by atoms with van der Waals surface area (Å²) >= 11 is 0.